The molecule has 0 radical (unpaired) electrons. The molecule has 8 nitrogen and oxygen atoms in total. The molecule has 36 heavy (non-hydrogen) atoms. The van der Waals surface area contributed by atoms with Crippen LogP contribution in [0.3, 0.4) is 0 Å². The molecule has 8 heteroatoms. The highest BCUT2D eigenvalue weighted by Crippen LogP contribution is 2.24. The van der Waals surface area contributed by atoms with Crippen LogP contribution in [-0.4, -0.2) is 62.8 Å². The first-order chi connectivity index (χ1) is 17.6. The predicted octanol–water partition coefficient (Wildman–Crippen LogP) is 4.71. The Morgan fingerprint density at radius 1 is 0.861 bits per heavy atom. The van der Waals surface area contributed by atoms with E-state index in [1.54, 1.807) is 18.2 Å². The zero-order chi connectivity index (χ0) is 25.2. The molecule has 1 aliphatic heterocycles. The number of nitrogens with one attached hydrogen (secondary N) is 2. The molecule has 0 atom stereocenters. The van der Waals surface area contributed by atoms with Crippen molar-refractivity contribution in [3.05, 3.63) is 84.4 Å². The number of para-hydroxylation sites is 2. The highest BCUT2D eigenvalue weighted by Gasteiger charge is 2.18. The largest absolute Gasteiger partial charge is 0.492 e. The van der Waals surface area contributed by atoms with E-state index in [9.17, 15) is 9.59 Å². The molecular formula is C28H32N4O4. The zero-order valence-electron chi connectivity index (χ0n) is 20.5. The second kappa shape index (κ2) is 12.6. The molecule has 0 bridgehead atoms. The minimum atomic E-state index is -0.491. The molecule has 3 aromatic carbocycles. The number of piperazine rings is 1. The normalized spacial score (nSPS) is 13.6. The van der Waals surface area contributed by atoms with Crippen molar-refractivity contribution >= 4 is 29.1 Å². The number of rotatable bonds is 9. The number of anilines is 3. The Hall–Kier alpha value is -4.04. The Morgan fingerprint density at radius 2 is 1.61 bits per heavy atom. The summed E-state index contributed by atoms with van der Waals surface area (Å²) >= 11 is 0. The van der Waals surface area contributed by atoms with E-state index in [0.29, 0.717) is 36.8 Å². The molecule has 1 heterocycles. The van der Waals surface area contributed by atoms with Gasteiger partial charge < -0.3 is 19.7 Å². The van der Waals surface area contributed by atoms with E-state index >= 15 is 0 Å². The second-order valence-corrected chi connectivity index (χ2v) is 8.39. The van der Waals surface area contributed by atoms with E-state index in [4.69, 9.17) is 9.47 Å². The Kier molecular flexibility index (Phi) is 8.77. The van der Waals surface area contributed by atoms with Crippen LogP contribution in [0.25, 0.3) is 0 Å². The number of benzene rings is 3. The average Bonchev–Trinajstić information content (AvgIpc) is 2.91. The van der Waals surface area contributed by atoms with Crippen LogP contribution in [0.2, 0.25) is 0 Å². The standard InChI is InChI=1S/C28H32N4O4/c1-2-35-26-14-7-6-13-25(26)30-28(34)36-20-19-31-15-17-32(18-16-31)24-12-8-11-23(21-24)29-27(33)22-9-4-3-5-10-22/h3-14,21H,2,15-20H2,1H3,(H,29,33)(H,30,34). The minimum absolute atomic E-state index is 0.122. The number of amides is 2. The molecule has 0 aliphatic carbocycles. The molecule has 2 amide bonds. The van der Waals surface area contributed by atoms with Gasteiger partial charge in [0.05, 0.1) is 12.3 Å². The summed E-state index contributed by atoms with van der Waals surface area (Å²) in [5.41, 5.74) is 3.07. The summed E-state index contributed by atoms with van der Waals surface area (Å²) in [5.74, 6) is 0.500. The lowest BCUT2D eigenvalue weighted by molar-refractivity contribution is 0.102. The number of carbonyl (C=O) groups is 2. The van der Waals surface area contributed by atoms with Crippen LogP contribution < -0.4 is 20.3 Å². The van der Waals surface area contributed by atoms with Crippen molar-refractivity contribution in [3.8, 4) is 5.75 Å². The number of carbonyl (C=O) groups excluding carboxylic acids is 2. The molecule has 0 aromatic heterocycles. The first-order valence-electron chi connectivity index (χ1n) is 12.2. The molecule has 0 unspecified atom stereocenters. The van der Waals surface area contributed by atoms with Crippen molar-refractivity contribution < 1.29 is 19.1 Å². The van der Waals surface area contributed by atoms with Gasteiger partial charge in [0.2, 0.25) is 0 Å². The van der Waals surface area contributed by atoms with Gasteiger partial charge in [0.25, 0.3) is 5.91 Å². The SMILES string of the molecule is CCOc1ccccc1NC(=O)OCCN1CCN(c2cccc(NC(=O)c3ccccc3)c2)CC1. The van der Waals surface area contributed by atoms with Gasteiger partial charge in [-0.2, -0.15) is 0 Å². The predicted molar refractivity (Wildman–Crippen MR) is 142 cm³/mol. The Balaban J connectivity index is 1.20. The third-order valence-electron chi connectivity index (χ3n) is 5.94. The molecule has 3 aromatic rings. The van der Waals surface area contributed by atoms with Gasteiger partial charge in [0.15, 0.2) is 0 Å². The molecule has 2 N–H and O–H groups in total. The van der Waals surface area contributed by atoms with Gasteiger partial charge in [-0.05, 0) is 49.4 Å². The van der Waals surface area contributed by atoms with Gasteiger partial charge in [-0.15, -0.1) is 0 Å². The summed E-state index contributed by atoms with van der Waals surface area (Å²) in [6.07, 6.45) is -0.491. The number of hydrogen-bond donors (Lipinski definition) is 2. The van der Waals surface area contributed by atoms with Gasteiger partial charge in [0, 0.05) is 49.7 Å². The van der Waals surface area contributed by atoms with Crippen molar-refractivity contribution in [2.24, 2.45) is 0 Å². The average molecular weight is 489 g/mol. The second-order valence-electron chi connectivity index (χ2n) is 8.39. The minimum Gasteiger partial charge on any atom is -0.492 e. The maximum absolute atomic E-state index is 12.5. The fraction of sp³-hybridized carbons (Fsp3) is 0.286. The lowest BCUT2D eigenvalue weighted by Gasteiger charge is -2.36. The highest BCUT2D eigenvalue weighted by atomic mass is 16.5. The molecule has 4 rings (SSSR count). The Bertz CT molecular complexity index is 1150. The summed E-state index contributed by atoms with van der Waals surface area (Å²) < 4.78 is 10.9. The van der Waals surface area contributed by atoms with Crippen molar-refractivity contribution in [1.82, 2.24) is 4.90 Å². The number of hydrogen-bond acceptors (Lipinski definition) is 6. The van der Waals surface area contributed by atoms with Crippen LogP contribution in [0, 0.1) is 0 Å². The maximum Gasteiger partial charge on any atom is 0.411 e. The molecule has 0 saturated carbocycles. The third-order valence-corrected chi connectivity index (χ3v) is 5.94. The van der Waals surface area contributed by atoms with Gasteiger partial charge >= 0.3 is 6.09 Å². The first-order valence-corrected chi connectivity index (χ1v) is 12.2. The van der Waals surface area contributed by atoms with Crippen molar-refractivity contribution in [2.45, 2.75) is 6.92 Å². The summed E-state index contributed by atoms with van der Waals surface area (Å²) in [6.45, 7) is 6.82. The van der Waals surface area contributed by atoms with Crippen LogP contribution in [0.5, 0.6) is 5.75 Å². The van der Waals surface area contributed by atoms with Crippen molar-refractivity contribution in [1.29, 1.82) is 0 Å². The van der Waals surface area contributed by atoms with Gasteiger partial charge in [-0.3, -0.25) is 15.0 Å². The van der Waals surface area contributed by atoms with Crippen LogP contribution in [0.1, 0.15) is 17.3 Å². The van der Waals surface area contributed by atoms with Gasteiger partial charge in [-0.1, -0.05) is 36.4 Å². The fourth-order valence-electron chi connectivity index (χ4n) is 4.07. The van der Waals surface area contributed by atoms with Crippen molar-refractivity contribution in [3.63, 3.8) is 0 Å². The zero-order valence-corrected chi connectivity index (χ0v) is 20.5. The maximum atomic E-state index is 12.5. The summed E-state index contributed by atoms with van der Waals surface area (Å²) in [7, 11) is 0. The van der Waals surface area contributed by atoms with Crippen LogP contribution >= 0.6 is 0 Å². The molecule has 188 valence electrons. The Labute approximate surface area is 211 Å². The molecule has 1 saturated heterocycles. The third kappa shape index (κ3) is 6.99. The van der Waals surface area contributed by atoms with Crippen LogP contribution in [0.4, 0.5) is 21.9 Å². The van der Waals surface area contributed by atoms with Crippen LogP contribution in [0.15, 0.2) is 78.9 Å². The molecule has 1 fully saturated rings. The molecule has 0 spiro atoms. The number of nitrogens with zero attached hydrogens (tertiary/aromatic N) is 2. The molecule has 1 aliphatic rings. The lowest BCUT2D eigenvalue weighted by atomic mass is 10.2. The van der Waals surface area contributed by atoms with E-state index in [2.05, 4.69) is 26.5 Å². The topological polar surface area (TPSA) is 83.1 Å². The van der Waals surface area contributed by atoms with Crippen molar-refractivity contribution in [2.75, 3.05) is 61.5 Å². The van der Waals surface area contributed by atoms with Gasteiger partial charge in [-0.25, -0.2) is 4.79 Å². The first kappa shape index (κ1) is 25.1. The Morgan fingerprint density at radius 3 is 2.39 bits per heavy atom. The number of ether oxygens (including phenoxy) is 2. The van der Waals surface area contributed by atoms with E-state index < -0.39 is 6.09 Å². The summed E-state index contributed by atoms with van der Waals surface area (Å²) in [4.78, 5) is 29.2. The van der Waals surface area contributed by atoms with E-state index in [1.165, 1.54) is 0 Å². The van der Waals surface area contributed by atoms with E-state index in [0.717, 1.165) is 37.6 Å². The van der Waals surface area contributed by atoms with Crippen LogP contribution in [-0.2, 0) is 4.74 Å². The lowest BCUT2D eigenvalue weighted by Crippen LogP contribution is -2.47. The summed E-state index contributed by atoms with van der Waals surface area (Å²) in [5, 5.41) is 5.72. The fourth-order valence-corrected chi connectivity index (χ4v) is 4.07. The molecular weight excluding hydrogens is 456 g/mol. The van der Waals surface area contributed by atoms with Gasteiger partial charge in [0.1, 0.15) is 12.4 Å². The summed E-state index contributed by atoms with van der Waals surface area (Å²) in [6, 6.07) is 24.4. The smallest absolute Gasteiger partial charge is 0.411 e. The van der Waals surface area contributed by atoms with E-state index in [-0.39, 0.29) is 5.91 Å². The monoisotopic (exact) mass is 488 g/mol. The highest BCUT2D eigenvalue weighted by molar-refractivity contribution is 6.04. The van der Waals surface area contributed by atoms with E-state index in [1.807, 2.05) is 61.5 Å². The quantitative estimate of drug-likeness (QED) is 0.454.